The molecular weight excluding hydrogens is 148 g/mol. The molecule has 1 aliphatic heterocycles. The van der Waals surface area contributed by atoms with E-state index in [1.54, 1.807) is 0 Å². The van der Waals surface area contributed by atoms with Gasteiger partial charge in [0.1, 0.15) is 6.61 Å². The van der Waals surface area contributed by atoms with Crippen molar-refractivity contribution in [2.75, 3.05) is 13.2 Å². The predicted molar refractivity (Wildman–Crippen MR) is 38.6 cm³/mol. The van der Waals surface area contributed by atoms with Crippen molar-refractivity contribution >= 4 is 0 Å². The van der Waals surface area contributed by atoms with Crippen LogP contribution in [0.25, 0.3) is 0 Å². The Morgan fingerprint density at radius 2 is 2.45 bits per heavy atom. The van der Waals surface area contributed by atoms with Crippen molar-refractivity contribution in [1.82, 2.24) is 5.32 Å². The Bertz CT molecular complexity index is 134. The highest BCUT2D eigenvalue weighted by atomic mass is 16.9. The first kappa shape index (κ1) is 8.26. The average molecular weight is 160 g/mol. The normalized spacial score (nSPS) is 24.5. The van der Waals surface area contributed by atoms with Gasteiger partial charge in [-0.25, -0.2) is 0 Å². The Labute approximate surface area is 64.8 Å². The number of hydrogen-bond acceptors (Lipinski definition) is 4. The summed E-state index contributed by atoms with van der Waals surface area (Å²) in [7, 11) is 0. The Morgan fingerprint density at radius 3 is 3.00 bits per heavy atom. The second-order valence-electron chi connectivity index (χ2n) is 2.67. The molecule has 64 valence electrons. The van der Waals surface area contributed by atoms with Crippen molar-refractivity contribution in [3.8, 4) is 0 Å². The van der Waals surface area contributed by atoms with E-state index in [-0.39, 0.29) is 12.6 Å². The molecule has 1 fully saturated rings. The third kappa shape index (κ3) is 3.18. The fourth-order valence-electron chi connectivity index (χ4n) is 1.22. The van der Waals surface area contributed by atoms with E-state index in [1.807, 2.05) is 0 Å². The molecule has 5 nitrogen and oxygen atoms in total. The van der Waals surface area contributed by atoms with Gasteiger partial charge in [0.05, 0.1) is 0 Å². The van der Waals surface area contributed by atoms with E-state index in [1.165, 1.54) is 0 Å². The van der Waals surface area contributed by atoms with Gasteiger partial charge >= 0.3 is 0 Å². The first-order valence-corrected chi connectivity index (χ1v) is 3.80. The first-order valence-electron chi connectivity index (χ1n) is 3.80. The number of piperidine rings is 1. The van der Waals surface area contributed by atoms with Crippen LogP contribution in [0.1, 0.15) is 19.3 Å². The lowest BCUT2D eigenvalue weighted by Gasteiger charge is -2.21. The summed E-state index contributed by atoms with van der Waals surface area (Å²) in [5, 5.41) is 12.2. The number of nitrogens with one attached hydrogen (secondary N) is 1. The topological polar surface area (TPSA) is 64.4 Å². The molecule has 5 heteroatoms. The number of hydrogen-bond donors (Lipinski definition) is 1. The molecule has 1 unspecified atom stereocenters. The SMILES string of the molecule is O=[N+]([O-])OCC1CCCCN1. The van der Waals surface area contributed by atoms with E-state index in [2.05, 4.69) is 10.2 Å². The summed E-state index contributed by atoms with van der Waals surface area (Å²) < 4.78 is 0. The van der Waals surface area contributed by atoms with Crippen molar-refractivity contribution in [2.24, 2.45) is 0 Å². The molecule has 1 heterocycles. The lowest BCUT2D eigenvalue weighted by molar-refractivity contribution is -0.758. The highest BCUT2D eigenvalue weighted by molar-refractivity contribution is 4.70. The molecule has 0 amide bonds. The minimum absolute atomic E-state index is 0.175. The van der Waals surface area contributed by atoms with Crippen molar-refractivity contribution in [3.63, 3.8) is 0 Å². The van der Waals surface area contributed by atoms with Gasteiger partial charge in [-0.2, -0.15) is 0 Å². The molecule has 0 aromatic rings. The molecular formula is C6H12N2O3. The summed E-state index contributed by atoms with van der Waals surface area (Å²) in [6.07, 6.45) is 3.28. The minimum Gasteiger partial charge on any atom is -0.312 e. The van der Waals surface area contributed by atoms with Crippen LogP contribution in [0.4, 0.5) is 0 Å². The highest BCUT2D eigenvalue weighted by Gasteiger charge is 2.13. The molecule has 1 saturated heterocycles. The largest absolute Gasteiger partial charge is 0.312 e. The molecule has 0 radical (unpaired) electrons. The molecule has 1 aliphatic rings. The van der Waals surface area contributed by atoms with Gasteiger partial charge in [-0.15, -0.1) is 10.1 Å². The van der Waals surface area contributed by atoms with Gasteiger partial charge in [-0.3, -0.25) is 0 Å². The van der Waals surface area contributed by atoms with E-state index >= 15 is 0 Å². The second-order valence-corrected chi connectivity index (χ2v) is 2.67. The maximum atomic E-state index is 9.80. The van der Waals surface area contributed by atoms with Gasteiger partial charge in [0.25, 0.3) is 5.09 Å². The molecule has 11 heavy (non-hydrogen) atoms. The Kier molecular flexibility index (Phi) is 3.10. The quantitative estimate of drug-likeness (QED) is 0.477. The van der Waals surface area contributed by atoms with Gasteiger partial charge in [0, 0.05) is 6.04 Å². The van der Waals surface area contributed by atoms with Crippen LogP contribution in [0, 0.1) is 10.1 Å². The van der Waals surface area contributed by atoms with Crippen LogP contribution < -0.4 is 5.32 Å². The molecule has 0 aromatic heterocycles. The molecule has 1 rings (SSSR count). The monoisotopic (exact) mass is 160 g/mol. The van der Waals surface area contributed by atoms with Gasteiger partial charge < -0.3 is 10.2 Å². The van der Waals surface area contributed by atoms with Crippen molar-refractivity contribution in [3.05, 3.63) is 10.1 Å². The van der Waals surface area contributed by atoms with Crippen LogP contribution in [0.15, 0.2) is 0 Å². The van der Waals surface area contributed by atoms with E-state index < -0.39 is 5.09 Å². The summed E-state index contributed by atoms with van der Waals surface area (Å²) in [4.78, 5) is 14.0. The van der Waals surface area contributed by atoms with Crippen molar-refractivity contribution < 1.29 is 9.92 Å². The van der Waals surface area contributed by atoms with Gasteiger partial charge in [0.2, 0.25) is 0 Å². The smallest absolute Gasteiger partial charge is 0.294 e. The van der Waals surface area contributed by atoms with E-state index in [4.69, 9.17) is 0 Å². The van der Waals surface area contributed by atoms with Gasteiger partial charge in [-0.1, -0.05) is 6.42 Å². The third-order valence-corrected chi connectivity index (χ3v) is 1.79. The van der Waals surface area contributed by atoms with Crippen LogP contribution >= 0.6 is 0 Å². The fraction of sp³-hybridized carbons (Fsp3) is 1.00. The summed E-state index contributed by atoms with van der Waals surface area (Å²) in [6, 6.07) is 0.175. The fourth-order valence-corrected chi connectivity index (χ4v) is 1.22. The Morgan fingerprint density at radius 1 is 1.64 bits per heavy atom. The zero-order valence-corrected chi connectivity index (χ0v) is 6.28. The molecule has 1 atom stereocenters. The molecule has 0 saturated carbocycles. The second kappa shape index (κ2) is 4.12. The van der Waals surface area contributed by atoms with Crippen LogP contribution in [-0.2, 0) is 4.84 Å². The van der Waals surface area contributed by atoms with E-state index in [9.17, 15) is 10.1 Å². The van der Waals surface area contributed by atoms with Gasteiger partial charge in [0.15, 0.2) is 0 Å². The standard InChI is InChI=1S/C6H12N2O3/c9-8(10)11-5-6-3-1-2-4-7-6/h6-7H,1-5H2. The maximum Gasteiger partial charge on any atom is 0.294 e. The minimum atomic E-state index is -0.740. The van der Waals surface area contributed by atoms with Crippen molar-refractivity contribution in [2.45, 2.75) is 25.3 Å². The zero-order chi connectivity index (χ0) is 8.10. The lowest BCUT2D eigenvalue weighted by Crippen LogP contribution is -2.38. The third-order valence-electron chi connectivity index (χ3n) is 1.79. The first-order chi connectivity index (χ1) is 5.29. The summed E-state index contributed by atoms with van der Waals surface area (Å²) in [5.74, 6) is 0. The summed E-state index contributed by atoms with van der Waals surface area (Å²) in [6.45, 7) is 1.14. The van der Waals surface area contributed by atoms with Crippen molar-refractivity contribution in [1.29, 1.82) is 0 Å². The molecule has 0 aliphatic carbocycles. The average Bonchev–Trinajstić information content (AvgIpc) is 2.03. The Hall–Kier alpha value is -0.840. The molecule has 0 spiro atoms. The zero-order valence-electron chi connectivity index (χ0n) is 6.28. The van der Waals surface area contributed by atoms with Crippen LogP contribution in [-0.4, -0.2) is 24.3 Å². The van der Waals surface area contributed by atoms with E-state index in [0.29, 0.717) is 0 Å². The van der Waals surface area contributed by atoms with Crippen LogP contribution in [0.2, 0.25) is 0 Å². The molecule has 0 aromatic carbocycles. The van der Waals surface area contributed by atoms with E-state index in [0.717, 1.165) is 25.8 Å². The van der Waals surface area contributed by atoms with Crippen LogP contribution in [0.3, 0.4) is 0 Å². The van der Waals surface area contributed by atoms with Gasteiger partial charge in [-0.05, 0) is 19.4 Å². The summed E-state index contributed by atoms with van der Waals surface area (Å²) >= 11 is 0. The highest BCUT2D eigenvalue weighted by Crippen LogP contribution is 2.06. The summed E-state index contributed by atoms with van der Waals surface area (Å²) in [5.41, 5.74) is 0. The molecule has 0 bridgehead atoms. The Balaban J connectivity index is 2.09. The number of rotatable bonds is 3. The predicted octanol–water partition coefficient (Wildman–Crippen LogP) is 0.337. The van der Waals surface area contributed by atoms with Crippen LogP contribution in [0.5, 0.6) is 0 Å². The number of nitrogens with zero attached hydrogens (tertiary/aromatic N) is 1. The maximum absolute atomic E-state index is 9.80. The molecule has 1 N–H and O–H groups in total. The lowest BCUT2D eigenvalue weighted by atomic mass is 10.1.